The van der Waals surface area contributed by atoms with Gasteiger partial charge in [-0.1, -0.05) is 0 Å². The molecule has 22 heavy (non-hydrogen) atoms. The Labute approximate surface area is 126 Å². The number of nitrogens with two attached hydrogens (primary N) is 1. The van der Waals surface area contributed by atoms with Crippen LogP contribution < -0.4 is 10.6 Å². The van der Waals surface area contributed by atoms with E-state index >= 15 is 0 Å². The van der Waals surface area contributed by atoms with Gasteiger partial charge in [0.2, 0.25) is 10.0 Å². The van der Waals surface area contributed by atoms with Crippen molar-refractivity contribution in [3.8, 4) is 0 Å². The minimum atomic E-state index is -4.02. The van der Waals surface area contributed by atoms with Gasteiger partial charge >= 0.3 is 0 Å². The average molecular weight is 323 g/mol. The van der Waals surface area contributed by atoms with E-state index in [1.165, 1.54) is 12.1 Å². The van der Waals surface area contributed by atoms with Gasteiger partial charge in [-0.2, -0.15) is 5.10 Å². The molecule has 1 aromatic carbocycles. The molecule has 0 fully saturated rings. The van der Waals surface area contributed by atoms with E-state index in [1.54, 1.807) is 25.3 Å². The fourth-order valence-corrected chi connectivity index (χ4v) is 2.23. The van der Waals surface area contributed by atoms with Crippen molar-refractivity contribution in [2.45, 2.75) is 11.8 Å². The molecule has 9 nitrogen and oxygen atoms in total. The van der Waals surface area contributed by atoms with Crippen LogP contribution in [0.1, 0.15) is 12.6 Å². The molecule has 1 heterocycles. The molecular weight excluding hydrogens is 310 g/mol. The lowest BCUT2D eigenvalue weighted by Crippen LogP contribution is -2.12. The van der Waals surface area contributed by atoms with E-state index in [2.05, 4.69) is 15.5 Å². The van der Waals surface area contributed by atoms with E-state index in [0.29, 0.717) is 5.71 Å². The van der Waals surface area contributed by atoms with Crippen molar-refractivity contribution >= 4 is 27.1 Å². The van der Waals surface area contributed by atoms with Gasteiger partial charge in [-0.15, -0.1) is 0 Å². The van der Waals surface area contributed by atoms with Crippen LogP contribution in [-0.2, 0) is 10.0 Å². The van der Waals surface area contributed by atoms with Gasteiger partial charge in [-0.05, 0) is 31.2 Å². The Bertz CT molecular complexity index is 827. The third-order valence-electron chi connectivity index (χ3n) is 2.83. The molecule has 0 aliphatic heterocycles. The summed E-state index contributed by atoms with van der Waals surface area (Å²) >= 11 is 0. The largest absolute Gasteiger partial charge is 0.360 e. The monoisotopic (exact) mass is 323 g/mol. The second-order valence-corrected chi connectivity index (χ2v) is 5.94. The molecule has 0 aliphatic rings. The number of aromatic amines is 1. The summed E-state index contributed by atoms with van der Waals surface area (Å²) in [5, 5.41) is 20.0. The van der Waals surface area contributed by atoms with E-state index in [4.69, 9.17) is 5.14 Å². The van der Waals surface area contributed by atoms with Gasteiger partial charge < -0.3 is 4.98 Å². The SMILES string of the molecule is CC(=NNc1ccc(S(N)(=O)=O)cc1[N+](=O)[O-])c1ccc[nH]1. The van der Waals surface area contributed by atoms with Crippen molar-refractivity contribution < 1.29 is 13.3 Å². The van der Waals surface area contributed by atoms with Crippen molar-refractivity contribution in [1.82, 2.24) is 4.98 Å². The van der Waals surface area contributed by atoms with Crippen LogP contribution in [0.3, 0.4) is 0 Å². The predicted molar refractivity (Wildman–Crippen MR) is 81.1 cm³/mol. The third kappa shape index (κ3) is 3.48. The fraction of sp³-hybridized carbons (Fsp3) is 0.0833. The van der Waals surface area contributed by atoms with Crippen molar-refractivity contribution in [3.63, 3.8) is 0 Å². The molecule has 2 aromatic rings. The van der Waals surface area contributed by atoms with Gasteiger partial charge in [0.25, 0.3) is 5.69 Å². The summed E-state index contributed by atoms with van der Waals surface area (Å²) in [6.07, 6.45) is 1.72. The van der Waals surface area contributed by atoms with Gasteiger partial charge in [-0.25, -0.2) is 13.6 Å². The second kappa shape index (κ2) is 5.95. The number of benzene rings is 1. The van der Waals surface area contributed by atoms with Crippen LogP contribution in [0.2, 0.25) is 0 Å². The van der Waals surface area contributed by atoms with Crippen molar-refractivity contribution in [3.05, 3.63) is 52.3 Å². The lowest BCUT2D eigenvalue weighted by molar-refractivity contribution is -0.384. The highest BCUT2D eigenvalue weighted by molar-refractivity contribution is 7.89. The van der Waals surface area contributed by atoms with Gasteiger partial charge in [0, 0.05) is 12.3 Å². The number of aromatic nitrogens is 1. The molecule has 0 atom stereocenters. The zero-order valence-corrected chi connectivity index (χ0v) is 12.3. The highest BCUT2D eigenvalue weighted by Gasteiger charge is 2.18. The number of hydrogen-bond acceptors (Lipinski definition) is 6. The van der Waals surface area contributed by atoms with Crippen LogP contribution >= 0.6 is 0 Å². The smallest absolute Gasteiger partial charge is 0.295 e. The summed E-state index contributed by atoms with van der Waals surface area (Å²) in [6, 6.07) is 6.88. The maximum absolute atomic E-state index is 11.2. The first-order valence-electron chi connectivity index (χ1n) is 6.04. The van der Waals surface area contributed by atoms with Gasteiger partial charge in [-0.3, -0.25) is 15.5 Å². The normalized spacial score (nSPS) is 12.2. The van der Waals surface area contributed by atoms with E-state index in [9.17, 15) is 18.5 Å². The topological polar surface area (TPSA) is 143 Å². The number of anilines is 1. The van der Waals surface area contributed by atoms with Crippen molar-refractivity contribution in [1.29, 1.82) is 0 Å². The average Bonchev–Trinajstić information content (AvgIpc) is 2.97. The summed E-state index contributed by atoms with van der Waals surface area (Å²) < 4.78 is 22.5. The molecule has 2 rings (SSSR count). The zero-order valence-electron chi connectivity index (χ0n) is 11.5. The Balaban J connectivity index is 2.35. The van der Waals surface area contributed by atoms with Gasteiger partial charge in [0.15, 0.2) is 0 Å². The van der Waals surface area contributed by atoms with E-state index in [-0.39, 0.29) is 10.6 Å². The third-order valence-corrected chi connectivity index (χ3v) is 3.74. The standard InChI is InChI=1S/C12H13N5O4S/c1-8(10-3-2-6-14-10)15-16-11-5-4-9(22(13,20)21)7-12(11)17(18)19/h2-7,14,16H,1H3,(H2,13,20,21). The zero-order chi connectivity index (χ0) is 16.3. The Kier molecular flexibility index (Phi) is 4.24. The van der Waals surface area contributed by atoms with Crippen LogP contribution in [0.15, 0.2) is 46.5 Å². The number of nitro groups is 1. The number of hydrazone groups is 1. The van der Waals surface area contributed by atoms with Crippen LogP contribution in [0.25, 0.3) is 0 Å². The van der Waals surface area contributed by atoms with E-state index in [0.717, 1.165) is 11.8 Å². The maximum atomic E-state index is 11.2. The predicted octanol–water partition coefficient (Wildman–Crippen LogP) is 1.41. The fourth-order valence-electron chi connectivity index (χ4n) is 1.69. The van der Waals surface area contributed by atoms with Crippen LogP contribution in [-0.4, -0.2) is 24.0 Å². The van der Waals surface area contributed by atoms with Crippen molar-refractivity contribution in [2.24, 2.45) is 10.2 Å². The Morgan fingerprint density at radius 2 is 2.14 bits per heavy atom. The van der Waals surface area contributed by atoms with E-state index < -0.39 is 20.6 Å². The molecule has 1 aromatic heterocycles. The lowest BCUT2D eigenvalue weighted by atomic mass is 10.3. The maximum Gasteiger partial charge on any atom is 0.295 e. The number of H-pyrrole nitrogens is 1. The molecule has 0 saturated heterocycles. The van der Waals surface area contributed by atoms with Crippen molar-refractivity contribution in [2.75, 3.05) is 5.43 Å². The molecule has 0 bridgehead atoms. The Hall–Kier alpha value is -2.72. The summed E-state index contributed by atoms with van der Waals surface area (Å²) in [5.41, 5.74) is 3.50. The molecule has 0 amide bonds. The molecule has 0 spiro atoms. The minimum absolute atomic E-state index is 0.0586. The molecule has 0 unspecified atom stereocenters. The second-order valence-electron chi connectivity index (χ2n) is 4.37. The van der Waals surface area contributed by atoms with Crippen LogP contribution in [0.5, 0.6) is 0 Å². The molecular formula is C12H13N5O4S. The van der Waals surface area contributed by atoms with E-state index in [1.807, 2.05) is 0 Å². The van der Waals surface area contributed by atoms with Crippen LogP contribution in [0, 0.1) is 10.1 Å². The minimum Gasteiger partial charge on any atom is -0.360 e. The summed E-state index contributed by atoms with van der Waals surface area (Å²) in [5.74, 6) is 0. The highest BCUT2D eigenvalue weighted by atomic mass is 32.2. The highest BCUT2D eigenvalue weighted by Crippen LogP contribution is 2.27. The van der Waals surface area contributed by atoms with Gasteiger partial charge in [0.1, 0.15) is 5.69 Å². The first-order valence-corrected chi connectivity index (χ1v) is 7.59. The quantitative estimate of drug-likeness (QED) is 0.433. The number of nitrogens with one attached hydrogen (secondary N) is 2. The number of rotatable bonds is 5. The first kappa shape index (κ1) is 15.7. The number of hydrogen-bond donors (Lipinski definition) is 3. The first-order chi connectivity index (χ1) is 10.3. The number of nitrogens with zero attached hydrogens (tertiary/aromatic N) is 2. The molecule has 116 valence electrons. The van der Waals surface area contributed by atoms with Gasteiger partial charge in [0.05, 0.1) is 21.2 Å². The number of sulfonamides is 1. The Morgan fingerprint density at radius 3 is 2.68 bits per heavy atom. The molecule has 4 N–H and O–H groups in total. The molecule has 0 aliphatic carbocycles. The molecule has 0 saturated carbocycles. The number of primary sulfonamides is 1. The summed E-state index contributed by atoms with van der Waals surface area (Å²) in [6.45, 7) is 1.71. The molecule has 10 heteroatoms. The Morgan fingerprint density at radius 1 is 1.41 bits per heavy atom. The number of nitro benzene ring substituents is 1. The lowest BCUT2D eigenvalue weighted by Gasteiger charge is -2.05. The summed E-state index contributed by atoms with van der Waals surface area (Å²) in [7, 11) is -4.02. The molecule has 0 radical (unpaired) electrons. The van der Waals surface area contributed by atoms with Crippen LogP contribution in [0.4, 0.5) is 11.4 Å². The summed E-state index contributed by atoms with van der Waals surface area (Å²) in [4.78, 5) is 12.9.